The minimum Gasteiger partial charge on any atom is -0.480 e. The van der Waals surface area contributed by atoms with Gasteiger partial charge in [0.05, 0.1) is 12.5 Å². The summed E-state index contributed by atoms with van der Waals surface area (Å²) in [4.78, 5) is 22.6. The van der Waals surface area contributed by atoms with E-state index in [0.29, 0.717) is 6.42 Å². The van der Waals surface area contributed by atoms with Crippen LogP contribution in [0.4, 0.5) is 0 Å². The molecule has 4 N–H and O–H groups in total. The lowest BCUT2D eigenvalue weighted by Gasteiger charge is -2.21. The molecule has 3 atom stereocenters. The van der Waals surface area contributed by atoms with Gasteiger partial charge in [-0.3, -0.25) is 4.79 Å². The number of amides is 1. The van der Waals surface area contributed by atoms with Crippen LogP contribution in [0.15, 0.2) is 0 Å². The smallest absolute Gasteiger partial charge is 0.326 e. The summed E-state index contributed by atoms with van der Waals surface area (Å²) >= 11 is 0. The number of carbonyl (C=O) groups is 2. The van der Waals surface area contributed by atoms with Crippen LogP contribution in [0.5, 0.6) is 0 Å². The van der Waals surface area contributed by atoms with Gasteiger partial charge in [-0.25, -0.2) is 4.79 Å². The molecule has 0 rings (SSSR count). The summed E-state index contributed by atoms with van der Waals surface area (Å²) in [5.74, 6) is -1.49. The van der Waals surface area contributed by atoms with Crippen molar-refractivity contribution in [2.24, 2.45) is 11.7 Å². The lowest BCUT2D eigenvalue weighted by molar-refractivity contribution is -0.143. The van der Waals surface area contributed by atoms with Crippen LogP contribution >= 0.6 is 0 Å². The standard InChI is InChI=1S/C11H22N2O4/c1-4-7(2)10(11(15)16)13-9(14)5-8(6-12)17-3/h7-8,10H,4-6,12H2,1-3H3,(H,13,14)(H,15,16)/t7?,8?,10-/m0/s1. The highest BCUT2D eigenvalue weighted by atomic mass is 16.5. The molecular formula is C11H22N2O4. The molecule has 0 saturated carbocycles. The Labute approximate surface area is 102 Å². The van der Waals surface area contributed by atoms with Gasteiger partial charge < -0.3 is 20.9 Å². The highest BCUT2D eigenvalue weighted by Gasteiger charge is 2.25. The first-order chi connectivity index (χ1) is 7.96. The predicted octanol–water partition coefficient (Wildman–Crippen LogP) is -0.0343. The Morgan fingerprint density at radius 2 is 2.06 bits per heavy atom. The number of carbonyl (C=O) groups excluding carboxylic acids is 1. The number of rotatable bonds is 8. The molecule has 2 unspecified atom stereocenters. The molecule has 0 aliphatic heterocycles. The Balaban J connectivity index is 4.36. The van der Waals surface area contributed by atoms with E-state index in [4.69, 9.17) is 15.6 Å². The van der Waals surface area contributed by atoms with Crippen LogP contribution in [0.1, 0.15) is 26.7 Å². The fourth-order valence-corrected chi connectivity index (χ4v) is 1.39. The van der Waals surface area contributed by atoms with Crippen molar-refractivity contribution in [1.29, 1.82) is 0 Å². The zero-order valence-electron chi connectivity index (χ0n) is 10.6. The molecule has 6 heteroatoms. The second-order valence-corrected chi connectivity index (χ2v) is 4.07. The first-order valence-corrected chi connectivity index (χ1v) is 5.71. The topological polar surface area (TPSA) is 102 Å². The van der Waals surface area contributed by atoms with E-state index in [9.17, 15) is 9.59 Å². The molecular weight excluding hydrogens is 224 g/mol. The number of methoxy groups -OCH3 is 1. The SMILES string of the molecule is CCC(C)[C@H](NC(=O)CC(CN)OC)C(=O)O. The molecule has 0 aromatic rings. The highest BCUT2D eigenvalue weighted by molar-refractivity contribution is 5.83. The van der Waals surface area contributed by atoms with E-state index in [1.165, 1.54) is 7.11 Å². The summed E-state index contributed by atoms with van der Waals surface area (Å²) in [6, 6.07) is -0.859. The quantitative estimate of drug-likeness (QED) is 0.558. The lowest BCUT2D eigenvalue weighted by Crippen LogP contribution is -2.46. The van der Waals surface area contributed by atoms with Crippen LogP contribution in [-0.2, 0) is 14.3 Å². The third kappa shape index (κ3) is 5.65. The zero-order chi connectivity index (χ0) is 13.4. The summed E-state index contributed by atoms with van der Waals surface area (Å²) in [7, 11) is 1.47. The average molecular weight is 246 g/mol. The van der Waals surface area contributed by atoms with Crippen LogP contribution in [0.2, 0.25) is 0 Å². The molecule has 17 heavy (non-hydrogen) atoms. The Hall–Kier alpha value is -1.14. The van der Waals surface area contributed by atoms with Crippen molar-refractivity contribution in [2.75, 3.05) is 13.7 Å². The van der Waals surface area contributed by atoms with Gasteiger partial charge in [-0.15, -0.1) is 0 Å². The molecule has 1 amide bonds. The fourth-order valence-electron chi connectivity index (χ4n) is 1.39. The van der Waals surface area contributed by atoms with Crippen molar-refractivity contribution >= 4 is 11.9 Å². The number of nitrogens with one attached hydrogen (secondary N) is 1. The van der Waals surface area contributed by atoms with Crippen molar-refractivity contribution in [3.8, 4) is 0 Å². The molecule has 0 heterocycles. The van der Waals surface area contributed by atoms with E-state index in [2.05, 4.69) is 5.32 Å². The number of nitrogens with two attached hydrogens (primary N) is 1. The third-order valence-electron chi connectivity index (χ3n) is 2.80. The number of ether oxygens (including phenoxy) is 1. The van der Waals surface area contributed by atoms with Crippen molar-refractivity contribution in [1.82, 2.24) is 5.32 Å². The molecule has 0 bridgehead atoms. The van der Waals surface area contributed by atoms with Crippen molar-refractivity contribution in [2.45, 2.75) is 38.8 Å². The molecule has 0 spiro atoms. The van der Waals surface area contributed by atoms with Gasteiger partial charge in [0.2, 0.25) is 5.91 Å². The van der Waals surface area contributed by atoms with Crippen LogP contribution in [0.3, 0.4) is 0 Å². The van der Waals surface area contributed by atoms with Crippen molar-refractivity contribution in [3.05, 3.63) is 0 Å². The molecule has 0 aromatic carbocycles. The maximum Gasteiger partial charge on any atom is 0.326 e. The largest absolute Gasteiger partial charge is 0.480 e. The number of carboxylic acids is 1. The van der Waals surface area contributed by atoms with Gasteiger partial charge in [0, 0.05) is 13.7 Å². The van der Waals surface area contributed by atoms with Crippen molar-refractivity contribution in [3.63, 3.8) is 0 Å². The number of hydrogen-bond acceptors (Lipinski definition) is 4. The first-order valence-electron chi connectivity index (χ1n) is 5.71. The second-order valence-electron chi connectivity index (χ2n) is 4.07. The van der Waals surface area contributed by atoms with Crippen LogP contribution in [0, 0.1) is 5.92 Å². The molecule has 0 saturated heterocycles. The average Bonchev–Trinajstić information content (AvgIpc) is 2.31. The Bertz CT molecular complexity index is 254. The van der Waals surface area contributed by atoms with E-state index in [1.807, 2.05) is 6.92 Å². The lowest BCUT2D eigenvalue weighted by atomic mass is 9.99. The Morgan fingerprint density at radius 3 is 2.41 bits per heavy atom. The molecule has 0 aliphatic carbocycles. The maximum absolute atomic E-state index is 11.6. The van der Waals surface area contributed by atoms with E-state index in [-0.39, 0.29) is 30.9 Å². The van der Waals surface area contributed by atoms with Gasteiger partial charge in [0.15, 0.2) is 0 Å². The van der Waals surface area contributed by atoms with Gasteiger partial charge in [-0.1, -0.05) is 20.3 Å². The van der Waals surface area contributed by atoms with Crippen molar-refractivity contribution < 1.29 is 19.4 Å². The first kappa shape index (κ1) is 15.9. The van der Waals surface area contributed by atoms with Crippen LogP contribution in [0.25, 0.3) is 0 Å². The number of carboxylic acid groups (broad SMARTS) is 1. The molecule has 0 fully saturated rings. The summed E-state index contributed by atoms with van der Waals surface area (Å²) in [5, 5.41) is 11.5. The summed E-state index contributed by atoms with van der Waals surface area (Å²) in [6.07, 6.45) is 0.385. The minimum atomic E-state index is -1.02. The van der Waals surface area contributed by atoms with E-state index in [1.54, 1.807) is 6.92 Å². The normalized spacial score (nSPS) is 16.0. The number of aliphatic carboxylic acids is 1. The second kappa shape index (κ2) is 8.03. The molecule has 0 aromatic heterocycles. The van der Waals surface area contributed by atoms with E-state index < -0.39 is 12.0 Å². The monoisotopic (exact) mass is 246 g/mol. The van der Waals surface area contributed by atoms with Gasteiger partial charge in [-0.05, 0) is 5.92 Å². The van der Waals surface area contributed by atoms with Crippen LogP contribution in [-0.4, -0.2) is 42.8 Å². The van der Waals surface area contributed by atoms with E-state index in [0.717, 1.165) is 0 Å². The van der Waals surface area contributed by atoms with Gasteiger partial charge >= 0.3 is 5.97 Å². The minimum absolute atomic E-state index is 0.0766. The highest BCUT2D eigenvalue weighted by Crippen LogP contribution is 2.08. The number of hydrogen-bond donors (Lipinski definition) is 3. The fraction of sp³-hybridized carbons (Fsp3) is 0.818. The Kier molecular flexibility index (Phi) is 7.49. The molecule has 0 radical (unpaired) electrons. The van der Waals surface area contributed by atoms with Gasteiger partial charge in [-0.2, -0.15) is 0 Å². The maximum atomic E-state index is 11.6. The molecule has 100 valence electrons. The molecule has 6 nitrogen and oxygen atoms in total. The van der Waals surface area contributed by atoms with Crippen LogP contribution < -0.4 is 11.1 Å². The summed E-state index contributed by atoms with van der Waals surface area (Å²) in [6.45, 7) is 3.89. The van der Waals surface area contributed by atoms with Gasteiger partial charge in [0.25, 0.3) is 0 Å². The summed E-state index contributed by atoms with van der Waals surface area (Å²) < 4.78 is 4.97. The predicted molar refractivity (Wildman–Crippen MR) is 63.5 cm³/mol. The van der Waals surface area contributed by atoms with Gasteiger partial charge in [0.1, 0.15) is 6.04 Å². The molecule has 0 aliphatic rings. The Morgan fingerprint density at radius 1 is 1.47 bits per heavy atom. The third-order valence-corrected chi connectivity index (χ3v) is 2.80. The zero-order valence-corrected chi connectivity index (χ0v) is 10.6. The van der Waals surface area contributed by atoms with E-state index >= 15 is 0 Å². The summed E-state index contributed by atoms with van der Waals surface area (Å²) in [5.41, 5.74) is 5.39.